The minimum absolute atomic E-state index is 0.637. The van der Waals surface area contributed by atoms with Gasteiger partial charge in [0.05, 0.1) is 35.1 Å². The summed E-state index contributed by atoms with van der Waals surface area (Å²) >= 11 is 0. The van der Waals surface area contributed by atoms with Crippen molar-refractivity contribution in [3.63, 3.8) is 0 Å². The molecule has 0 atom stereocenters. The molecule has 40 heavy (non-hydrogen) atoms. The maximum Gasteiger partial charge on any atom is 0.181 e. The number of rotatable bonds is 0. The number of nitrogens with zero attached hydrogens (tertiary/aromatic N) is 9. The summed E-state index contributed by atoms with van der Waals surface area (Å²) in [6.07, 6.45) is 15.1. The molecule has 2 aromatic carbocycles. The third kappa shape index (κ3) is 7.14. The van der Waals surface area contributed by atoms with Gasteiger partial charge in [-0.05, 0) is 36.4 Å². The van der Waals surface area contributed by atoms with E-state index in [-0.39, 0.29) is 0 Å². The van der Waals surface area contributed by atoms with Crippen LogP contribution in [0, 0.1) is 0 Å². The molecule has 6 aromatic heterocycles. The second-order valence-corrected chi connectivity index (χ2v) is 8.15. The van der Waals surface area contributed by atoms with Crippen molar-refractivity contribution in [3.8, 4) is 0 Å². The Balaban J connectivity index is 0.000000108. The highest BCUT2D eigenvalue weighted by Gasteiger charge is 1.91. The predicted octanol–water partition coefficient (Wildman–Crippen LogP) is 5.91. The van der Waals surface area contributed by atoms with E-state index in [1.807, 2.05) is 79.0 Å². The summed E-state index contributed by atoms with van der Waals surface area (Å²) in [5.74, 6) is 0. The van der Waals surface area contributed by atoms with Crippen LogP contribution in [0.5, 0.6) is 0 Å². The lowest BCUT2D eigenvalue weighted by Gasteiger charge is -1.91. The first-order valence-corrected chi connectivity index (χ1v) is 12.3. The topological polar surface area (TPSA) is 116 Å². The van der Waals surface area contributed by atoms with E-state index in [0.717, 1.165) is 32.8 Å². The van der Waals surface area contributed by atoms with Crippen molar-refractivity contribution in [1.82, 2.24) is 45.1 Å². The third-order valence-electron chi connectivity index (χ3n) is 5.49. The summed E-state index contributed by atoms with van der Waals surface area (Å²) in [4.78, 5) is 27.9. The van der Waals surface area contributed by atoms with Gasteiger partial charge in [0, 0.05) is 47.1 Å². The number of pyridine rings is 3. The van der Waals surface area contributed by atoms with Crippen molar-refractivity contribution >= 4 is 43.9 Å². The monoisotopic (exact) mass is 521 g/mol. The van der Waals surface area contributed by atoms with Crippen LogP contribution in [0.2, 0.25) is 0 Å². The normalized spacial score (nSPS) is 10.0. The van der Waals surface area contributed by atoms with Gasteiger partial charge in [0.25, 0.3) is 0 Å². The zero-order valence-corrected chi connectivity index (χ0v) is 21.3. The summed E-state index contributed by atoms with van der Waals surface area (Å²) in [5, 5.41) is 11.2. The minimum atomic E-state index is 0.637. The fraction of sp³-hybridized carbons (Fsp3) is 0. The van der Waals surface area contributed by atoms with Crippen LogP contribution in [-0.2, 0) is 0 Å². The van der Waals surface area contributed by atoms with Crippen LogP contribution in [0.4, 0.5) is 0 Å². The van der Waals surface area contributed by atoms with E-state index >= 15 is 0 Å². The van der Waals surface area contributed by atoms with E-state index in [9.17, 15) is 0 Å². The number of hydrogen-bond donors (Lipinski definition) is 0. The summed E-state index contributed by atoms with van der Waals surface area (Å²) in [5.41, 5.74) is 4.32. The predicted molar refractivity (Wildman–Crippen MR) is 156 cm³/mol. The van der Waals surface area contributed by atoms with Crippen LogP contribution < -0.4 is 0 Å². The fourth-order valence-electron chi connectivity index (χ4n) is 3.58. The number of benzene rings is 2. The van der Waals surface area contributed by atoms with Crippen LogP contribution in [-0.4, -0.2) is 45.1 Å². The van der Waals surface area contributed by atoms with E-state index in [1.54, 1.807) is 43.4 Å². The summed E-state index contributed by atoms with van der Waals surface area (Å²) in [7, 11) is 0. The lowest BCUT2D eigenvalue weighted by atomic mass is 10.2. The molecular weight excluding hydrogens is 498 g/mol. The maximum atomic E-state index is 4.18. The molecule has 192 valence electrons. The van der Waals surface area contributed by atoms with Gasteiger partial charge < -0.3 is 0 Å². The average Bonchev–Trinajstić information content (AvgIpc) is 3.06. The van der Waals surface area contributed by atoms with Gasteiger partial charge in [-0.2, -0.15) is 10.2 Å². The Bertz CT molecular complexity index is 1400. The number of para-hydroxylation sites is 1. The van der Waals surface area contributed by atoms with Crippen molar-refractivity contribution in [2.75, 3.05) is 0 Å². The van der Waals surface area contributed by atoms with E-state index < -0.39 is 0 Å². The Morgan fingerprint density at radius 1 is 0.375 bits per heavy atom. The molecule has 0 amide bonds. The standard InChI is InChI=1S/C9H7N.2C8H6N2.C6H4N4/c1-2-6-9-8(4-1)5-3-7-10-9;1-2-7-3-5-9-6-8(7)10-4-1;1-2-4-8-7(3-1)5-6-9-10-8;1-2-9-6-5(8-1)3-7-4-10-6/h1-7H;2*1-6H;1-4H. The van der Waals surface area contributed by atoms with Gasteiger partial charge in [-0.25, -0.2) is 19.9 Å². The molecule has 0 unspecified atom stereocenters. The Morgan fingerprint density at radius 3 is 1.73 bits per heavy atom. The quantitative estimate of drug-likeness (QED) is 0.240. The molecular formula is C31H23N9. The first-order valence-electron chi connectivity index (χ1n) is 12.3. The molecule has 0 aliphatic heterocycles. The number of fused-ring (bicyclic) bond motifs is 4. The van der Waals surface area contributed by atoms with Crippen molar-refractivity contribution in [2.45, 2.75) is 0 Å². The SMILES string of the molecule is c1ccc2ncccc2c1.c1ccc2nnccc2c1.c1cnc2cnccc2c1.c1cnc2ncncc2n1. The van der Waals surface area contributed by atoms with Crippen LogP contribution in [0.3, 0.4) is 0 Å². The molecule has 0 saturated heterocycles. The summed E-state index contributed by atoms with van der Waals surface area (Å²) < 4.78 is 0. The smallest absolute Gasteiger partial charge is 0.181 e. The van der Waals surface area contributed by atoms with E-state index in [4.69, 9.17) is 0 Å². The van der Waals surface area contributed by atoms with Gasteiger partial charge in [-0.3, -0.25) is 15.0 Å². The van der Waals surface area contributed by atoms with Crippen molar-refractivity contribution in [3.05, 3.63) is 141 Å². The highest BCUT2D eigenvalue weighted by Crippen LogP contribution is 2.09. The molecule has 9 nitrogen and oxygen atoms in total. The van der Waals surface area contributed by atoms with Gasteiger partial charge in [-0.15, -0.1) is 0 Å². The lowest BCUT2D eigenvalue weighted by Crippen LogP contribution is -1.85. The molecule has 8 aromatic rings. The number of aromatic nitrogens is 9. The summed E-state index contributed by atoms with van der Waals surface area (Å²) in [6.45, 7) is 0. The van der Waals surface area contributed by atoms with Crippen molar-refractivity contribution in [1.29, 1.82) is 0 Å². The zero-order chi connectivity index (χ0) is 27.2. The van der Waals surface area contributed by atoms with Gasteiger partial charge in [0.1, 0.15) is 11.8 Å². The molecule has 0 saturated carbocycles. The largest absolute Gasteiger partial charge is 0.262 e. The molecule has 9 heteroatoms. The first-order chi connectivity index (χ1) is 19.9. The van der Waals surface area contributed by atoms with Gasteiger partial charge in [0.15, 0.2) is 5.65 Å². The van der Waals surface area contributed by atoms with Crippen LogP contribution in [0.25, 0.3) is 43.9 Å². The Morgan fingerprint density at radius 2 is 0.975 bits per heavy atom. The van der Waals surface area contributed by atoms with Gasteiger partial charge in [-0.1, -0.05) is 48.5 Å². The van der Waals surface area contributed by atoms with E-state index in [2.05, 4.69) is 57.2 Å². The van der Waals surface area contributed by atoms with E-state index in [0.29, 0.717) is 5.65 Å². The van der Waals surface area contributed by atoms with Gasteiger partial charge in [0.2, 0.25) is 0 Å². The zero-order valence-electron chi connectivity index (χ0n) is 21.3. The highest BCUT2D eigenvalue weighted by molar-refractivity contribution is 5.78. The van der Waals surface area contributed by atoms with Crippen molar-refractivity contribution in [2.24, 2.45) is 0 Å². The fourth-order valence-corrected chi connectivity index (χ4v) is 3.58. The van der Waals surface area contributed by atoms with Gasteiger partial charge >= 0.3 is 0 Å². The Labute approximate surface area is 229 Å². The van der Waals surface area contributed by atoms with Crippen LogP contribution >= 0.6 is 0 Å². The second kappa shape index (κ2) is 13.6. The summed E-state index contributed by atoms with van der Waals surface area (Å²) in [6, 6.07) is 27.8. The molecule has 0 radical (unpaired) electrons. The highest BCUT2D eigenvalue weighted by atomic mass is 15.1. The lowest BCUT2D eigenvalue weighted by molar-refractivity contribution is 1.08. The first kappa shape index (κ1) is 25.8. The Hall–Kier alpha value is -5.83. The van der Waals surface area contributed by atoms with Crippen LogP contribution in [0.1, 0.15) is 0 Å². The maximum absolute atomic E-state index is 4.18. The number of hydrogen-bond acceptors (Lipinski definition) is 9. The second-order valence-electron chi connectivity index (χ2n) is 8.15. The van der Waals surface area contributed by atoms with Crippen LogP contribution in [0.15, 0.2) is 141 Å². The molecule has 8 rings (SSSR count). The molecule has 0 spiro atoms. The molecule has 0 aliphatic carbocycles. The molecule has 0 N–H and O–H groups in total. The Kier molecular flexibility index (Phi) is 8.80. The molecule has 6 heterocycles. The van der Waals surface area contributed by atoms with E-state index in [1.165, 1.54) is 11.7 Å². The third-order valence-corrected chi connectivity index (χ3v) is 5.49. The minimum Gasteiger partial charge on any atom is -0.262 e. The average molecular weight is 522 g/mol. The van der Waals surface area contributed by atoms with Crippen molar-refractivity contribution < 1.29 is 0 Å². The molecule has 0 fully saturated rings. The molecule has 0 bridgehead atoms. The molecule has 0 aliphatic rings.